The topological polar surface area (TPSA) is 52.6 Å². The predicted molar refractivity (Wildman–Crippen MR) is 39.3 cm³/mol. The Hall–Kier alpha value is -0.710. The standard InChI is InChI=1S/C6H8O4S/c7-5-3-4(11)6(8)10-2-1-9-5/h4,11H,1-3H2. The smallest absolute Gasteiger partial charge is 0.319 e. The molecule has 1 aliphatic rings. The van der Waals surface area contributed by atoms with E-state index in [-0.39, 0.29) is 19.6 Å². The van der Waals surface area contributed by atoms with Gasteiger partial charge >= 0.3 is 11.9 Å². The number of hydrogen-bond acceptors (Lipinski definition) is 5. The molecule has 4 nitrogen and oxygen atoms in total. The van der Waals surface area contributed by atoms with Gasteiger partial charge in [0.2, 0.25) is 0 Å². The SMILES string of the molecule is O=C1CC(S)C(=O)OCCO1. The molecule has 62 valence electrons. The van der Waals surface area contributed by atoms with E-state index >= 15 is 0 Å². The molecular weight excluding hydrogens is 168 g/mol. The highest BCUT2D eigenvalue weighted by Crippen LogP contribution is 2.07. The second-order valence-electron chi connectivity index (χ2n) is 2.11. The van der Waals surface area contributed by atoms with Crippen LogP contribution < -0.4 is 0 Å². The molecule has 1 heterocycles. The van der Waals surface area contributed by atoms with E-state index in [9.17, 15) is 9.59 Å². The minimum Gasteiger partial charge on any atom is -0.462 e. The minimum atomic E-state index is -0.678. The Morgan fingerprint density at radius 2 is 1.91 bits per heavy atom. The van der Waals surface area contributed by atoms with Gasteiger partial charge in [-0.05, 0) is 0 Å². The molecule has 0 aromatic heterocycles. The van der Waals surface area contributed by atoms with Crippen molar-refractivity contribution in [3.63, 3.8) is 0 Å². The van der Waals surface area contributed by atoms with Crippen molar-refractivity contribution in [1.82, 2.24) is 0 Å². The fraction of sp³-hybridized carbons (Fsp3) is 0.667. The zero-order chi connectivity index (χ0) is 8.27. The molecule has 0 saturated carbocycles. The van der Waals surface area contributed by atoms with Crippen LogP contribution in [-0.2, 0) is 19.1 Å². The highest BCUT2D eigenvalue weighted by molar-refractivity contribution is 7.81. The van der Waals surface area contributed by atoms with Crippen LogP contribution in [0.25, 0.3) is 0 Å². The molecule has 5 heteroatoms. The molecule has 11 heavy (non-hydrogen) atoms. The molecule has 0 aliphatic carbocycles. The molecule has 0 bridgehead atoms. The van der Waals surface area contributed by atoms with Gasteiger partial charge in [-0.3, -0.25) is 9.59 Å². The Morgan fingerprint density at radius 3 is 2.64 bits per heavy atom. The Kier molecular flexibility index (Phi) is 2.76. The Balaban J connectivity index is 2.51. The zero-order valence-electron chi connectivity index (χ0n) is 5.78. The largest absolute Gasteiger partial charge is 0.462 e. The maximum atomic E-state index is 10.8. The lowest BCUT2D eigenvalue weighted by molar-refractivity contribution is -0.157. The summed E-state index contributed by atoms with van der Waals surface area (Å²) < 4.78 is 9.29. The van der Waals surface area contributed by atoms with Crippen LogP contribution in [0, 0.1) is 0 Å². The van der Waals surface area contributed by atoms with E-state index in [0.717, 1.165) is 0 Å². The monoisotopic (exact) mass is 176 g/mol. The summed E-state index contributed by atoms with van der Waals surface area (Å²) in [5, 5.41) is -0.678. The first-order chi connectivity index (χ1) is 5.20. The van der Waals surface area contributed by atoms with E-state index in [2.05, 4.69) is 22.1 Å². The quantitative estimate of drug-likeness (QED) is 0.409. The van der Waals surface area contributed by atoms with E-state index in [4.69, 9.17) is 0 Å². The third kappa shape index (κ3) is 2.42. The van der Waals surface area contributed by atoms with Crippen molar-refractivity contribution < 1.29 is 19.1 Å². The summed E-state index contributed by atoms with van der Waals surface area (Å²) in [6.45, 7) is 0.271. The number of carbonyl (C=O) groups is 2. The van der Waals surface area contributed by atoms with Gasteiger partial charge in [-0.1, -0.05) is 0 Å². The van der Waals surface area contributed by atoms with Crippen LogP contribution in [0.5, 0.6) is 0 Å². The zero-order valence-corrected chi connectivity index (χ0v) is 6.67. The second-order valence-corrected chi connectivity index (χ2v) is 2.73. The molecule has 1 aliphatic heterocycles. The fourth-order valence-electron chi connectivity index (χ4n) is 0.694. The first kappa shape index (κ1) is 8.39. The van der Waals surface area contributed by atoms with Gasteiger partial charge in [0.1, 0.15) is 18.5 Å². The van der Waals surface area contributed by atoms with Crippen LogP contribution >= 0.6 is 12.6 Å². The maximum absolute atomic E-state index is 10.8. The number of cyclic esters (lactones) is 2. The fourth-order valence-corrected chi connectivity index (χ4v) is 0.918. The van der Waals surface area contributed by atoms with Gasteiger partial charge in [0.25, 0.3) is 0 Å². The molecule has 0 radical (unpaired) electrons. The molecule has 0 spiro atoms. The molecule has 0 aromatic rings. The third-order valence-electron chi connectivity index (χ3n) is 1.22. The Morgan fingerprint density at radius 1 is 1.27 bits per heavy atom. The first-order valence-electron chi connectivity index (χ1n) is 3.20. The minimum absolute atomic E-state index is 0.0120. The van der Waals surface area contributed by atoms with Crippen molar-refractivity contribution in [2.45, 2.75) is 11.7 Å². The van der Waals surface area contributed by atoms with Gasteiger partial charge in [0.05, 0.1) is 6.42 Å². The number of carbonyl (C=O) groups excluding carboxylic acids is 2. The third-order valence-corrected chi connectivity index (χ3v) is 1.62. The van der Waals surface area contributed by atoms with Crippen molar-refractivity contribution in [3.8, 4) is 0 Å². The maximum Gasteiger partial charge on any atom is 0.319 e. The normalized spacial score (nSPS) is 26.5. The van der Waals surface area contributed by atoms with E-state index < -0.39 is 17.2 Å². The molecule has 0 N–H and O–H groups in total. The highest BCUT2D eigenvalue weighted by atomic mass is 32.1. The van der Waals surface area contributed by atoms with Crippen LogP contribution in [0.2, 0.25) is 0 Å². The molecule has 0 aromatic carbocycles. The average Bonchev–Trinajstić information content (AvgIpc) is 1.95. The summed E-state index contributed by atoms with van der Waals surface area (Å²) >= 11 is 3.86. The van der Waals surface area contributed by atoms with E-state index in [1.165, 1.54) is 0 Å². The summed E-state index contributed by atoms with van der Waals surface area (Å²) in [6, 6.07) is 0. The van der Waals surface area contributed by atoms with Crippen LogP contribution in [0.4, 0.5) is 0 Å². The van der Waals surface area contributed by atoms with Gasteiger partial charge in [-0.15, -0.1) is 0 Å². The van der Waals surface area contributed by atoms with Crippen LogP contribution in [0.15, 0.2) is 0 Å². The van der Waals surface area contributed by atoms with Gasteiger partial charge in [0.15, 0.2) is 0 Å². The number of hydrogen-bond donors (Lipinski definition) is 1. The van der Waals surface area contributed by atoms with E-state index in [0.29, 0.717) is 0 Å². The van der Waals surface area contributed by atoms with Crippen molar-refractivity contribution in [1.29, 1.82) is 0 Å². The van der Waals surface area contributed by atoms with Gasteiger partial charge in [0, 0.05) is 0 Å². The average molecular weight is 176 g/mol. The molecule has 1 atom stereocenters. The molecule has 1 rings (SSSR count). The van der Waals surface area contributed by atoms with Crippen LogP contribution in [0.3, 0.4) is 0 Å². The highest BCUT2D eigenvalue weighted by Gasteiger charge is 2.22. The lowest BCUT2D eigenvalue weighted by Gasteiger charge is -2.14. The van der Waals surface area contributed by atoms with Gasteiger partial charge in [-0.25, -0.2) is 0 Å². The van der Waals surface area contributed by atoms with Crippen LogP contribution in [0.1, 0.15) is 6.42 Å². The Labute approximate surface area is 69.3 Å². The summed E-state index contributed by atoms with van der Waals surface area (Å²) in [5.41, 5.74) is 0. The summed E-state index contributed by atoms with van der Waals surface area (Å²) in [4.78, 5) is 21.5. The van der Waals surface area contributed by atoms with E-state index in [1.54, 1.807) is 0 Å². The van der Waals surface area contributed by atoms with Crippen molar-refractivity contribution in [2.24, 2.45) is 0 Å². The van der Waals surface area contributed by atoms with Crippen molar-refractivity contribution in [3.05, 3.63) is 0 Å². The number of ether oxygens (including phenoxy) is 2. The molecule has 1 saturated heterocycles. The number of rotatable bonds is 0. The number of esters is 2. The summed E-state index contributed by atoms with van der Waals surface area (Å²) in [7, 11) is 0. The molecular formula is C6H8O4S. The summed E-state index contributed by atoms with van der Waals surface area (Å²) in [6.07, 6.45) is -0.0120. The van der Waals surface area contributed by atoms with E-state index in [1.807, 2.05) is 0 Å². The lowest BCUT2D eigenvalue weighted by atomic mass is 10.3. The van der Waals surface area contributed by atoms with Crippen molar-refractivity contribution in [2.75, 3.05) is 13.2 Å². The van der Waals surface area contributed by atoms with Crippen molar-refractivity contribution >= 4 is 24.6 Å². The summed E-state index contributed by atoms with van der Waals surface area (Å²) in [5.74, 6) is -0.855. The second kappa shape index (κ2) is 3.61. The first-order valence-corrected chi connectivity index (χ1v) is 3.72. The predicted octanol–water partition coefficient (Wildman–Crippen LogP) is -0.225. The van der Waals surface area contributed by atoms with Crippen LogP contribution in [-0.4, -0.2) is 30.4 Å². The number of thiol groups is 1. The van der Waals surface area contributed by atoms with Gasteiger partial charge in [-0.2, -0.15) is 12.6 Å². The lowest BCUT2D eigenvalue weighted by Crippen LogP contribution is -2.28. The van der Waals surface area contributed by atoms with Gasteiger partial charge < -0.3 is 9.47 Å². The Bertz CT molecular complexity index is 179. The molecule has 0 amide bonds. The molecule has 1 fully saturated rings. The molecule has 1 unspecified atom stereocenters.